The number of aliphatic carboxylic acids is 1. The lowest BCUT2D eigenvalue weighted by atomic mass is 10.1. The molecule has 6 nitrogen and oxygen atoms in total. The average molecular weight is 405 g/mol. The van der Waals surface area contributed by atoms with Crippen LogP contribution in [0.2, 0.25) is 0 Å². The van der Waals surface area contributed by atoms with E-state index in [2.05, 4.69) is 15.3 Å². The Balaban J connectivity index is 1.87. The number of benzene rings is 2. The lowest BCUT2D eigenvalue weighted by Gasteiger charge is -2.13. The fourth-order valence-electron chi connectivity index (χ4n) is 3.34. The number of carbonyl (C=O) groups is 2. The topological polar surface area (TPSA) is 95.1 Å². The molecule has 4 rings (SSSR count). The number of carbonyl (C=O) groups excluding carboxylic acids is 1. The third-order valence-electron chi connectivity index (χ3n) is 4.71. The predicted molar refractivity (Wildman–Crippen MR) is 116 cm³/mol. The van der Waals surface area contributed by atoms with Gasteiger partial charge in [-0.1, -0.05) is 48.5 Å². The van der Waals surface area contributed by atoms with E-state index in [1.807, 2.05) is 54.6 Å². The SMILES string of the molecule is CSCC(NC(=O)c1cc2c([nH]c3ccccc32)c(-c2ccccc2)n1)C(=O)O. The lowest BCUT2D eigenvalue weighted by molar-refractivity contribution is -0.138. The number of pyridine rings is 1. The van der Waals surface area contributed by atoms with E-state index in [1.54, 1.807) is 12.3 Å². The molecule has 4 aromatic rings. The predicted octanol–water partition coefficient (Wildman–Crippen LogP) is 3.93. The Kier molecular flexibility index (Phi) is 5.22. The smallest absolute Gasteiger partial charge is 0.327 e. The van der Waals surface area contributed by atoms with Gasteiger partial charge in [-0.25, -0.2) is 9.78 Å². The number of aromatic amines is 1. The maximum atomic E-state index is 12.9. The van der Waals surface area contributed by atoms with Gasteiger partial charge in [0.1, 0.15) is 11.7 Å². The number of carboxylic acids is 1. The van der Waals surface area contributed by atoms with Crippen molar-refractivity contribution >= 4 is 45.4 Å². The maximum Gasteiger partial charge on any atom is 0.327 e. The van der Waals surface area contributed by atoms with Crippen LogP contribution in [0.5, 0.6) is 0 Å². The number of hydrogen-bond acceptors (Lipinski definition) is 4. The van der Waals surface area contributed by atoms with Crippen LogP contribution in [-0.2, 0) is 4.79 Å². The number of amides is 1. The molecule has 29 heavy (non-hydrogen) atoms. The molecule has 0 radical (unpaired) electrons. The minimum absolute atomic E-state index is 0.188. The number of nitrogens with zero attached hydrogens (tertiary/aromatic N) is 1. The second-order valence-electron chi connectivity index (χ2n) is 6.63. The molecule has 3 N–H and O–H groups in total. The molecular formula is C22H19N3O3S. The van der Waals surface area contributed by atoms with Gasteiger partial charge in [-0.05, 0) is 18.4 Å². The first-order valence-corrected chi connectivity index (χ1v) is 10.5. The Bertz CT molecular complexity index is 1200. The summed E-state index contributed by atoms with van der Waals surface area (Å²) in [6, 6.07) is 18.2. The Morgan fingerprint density at radius 1 is 1.10 bits per heavy atom. The van der Waals surface area contributed by atoms with Crippen molar-refractivity contribution in [3.05, 3.63) is 66.4 Å². The van der Waals surface area contributed by atoms with Gasteiger partial charge in [0, 0.05) is 27.6 Å². The van der Waals surface area contributed by atoms with Crippen molar-refractivity contribution in [1.29, 1.82) is 0 Å². The first-order chi connectivity index (χ1) is 14.1. The van der Waals surface area contributed by atoms with E-state index in [9.17, 15) is 14.7 Å². The van der Waals surface area contributed by atoms with Gasteiger partial charge in [0.15, 0.2) is 0 Å². The Morgan fingerprint density at radius 3 is 2.55 bits per heavy atom. The Labute approximate surface area is 171 Å². The Hall–Kier alpha value is -3.32. The standard InChI is InChI=1S/C22H19N3O3S/c1-29-12-18(22(27)28)25-21(26)17-11-15-14-9-5-6-10-16(14)23-20(15)19(24-17)13-7-3-2-4-8-13/h2-11,18,23H,12H2,1H3,(H,25,26)(H,27,28). The summed E-state index contributed by atoms with van der Waals surface area (Å²) in [7, 11) is 0. The highest BCUT2D eigenvalue weighted by Crippen LogP contribution is 2.32. The van der Waals surface area contributed by atoms with E-state index in [4.69, 9.17) is 0 Å². The molecule has 1 unspecified atom stereocenters. The van der Waals surface area contributed by atoms with Crippen molar-refractivity contribution < 1.29 is 14.7 Å². The first-order valence-electron chi connectivity index (χ1n) is 9.08. The van der Waals surface area contributed by atoms with Gasteiger partial charge in [-0.15, -0.1) is 0 Å². The van der Waals surface area contributed by atoms with Crippen molar-refractivity contribution in [3.8, 4) is 11.3 Å². The number of H-pyrrole nitrogens is 1. The van der Waals surface area contributed by atoms with Crippen LogP contribution >= 0.6 is 11.8 Å². The van der Waals surface area contributed by atoms with E-state index in [0.29, 0.717) is 5.69 Å². The summed E-state index contributed by atoms with van der Waals surface area (Å²) in [5, 5.41) is 13.8. The minimum Gasteiger partial charge on any atom is -0.480 e. The van der Waals surface area contributed by atoms with Crippen LogP contribution in [0.3, 0.4) is 0 Å². The van der Waals surface area contributed by atoms with Gasteiger partial charge >= 0.3 is 5.97 Å². The van der Waals surface area contributed by atoms with Gasteiger partial charge < -0.3 is 15.4 Å². The quantitative estimate of drug-likeness (QED) is 0.452. The highest BCUT2D eigenvalue weighted by Gasteiger charge is 2.22. The van der Waals surface area contributed by atoms with Gasteiger partial charge in [0.2, 0.25) is 0 Å². The van der Waals surface area contributed by atoms with Gasteiger partial charge in [0.25, 0.3) is 5.91 Å². The molecule has 146 valence electrons. The largest absolute Gasteiger partial charge is 0.480 e. The fraction of sp³-hybridized carbons (Fsp3) is 0.136. The molecule has 2 aromatic carbocycles. The normalized spacial score (nSPS) is 12.2. The fourth-order valence-corrected chi connectivity index (χ4v) is 3.90. The zero-order valence-corrected chi connectivity index (χ0v) is 16.5. The molecular weight excluding hydrogens is 386 g/mol. The minimum atomic E-state index is -1.07. The number of nitrogens with one attached hydrogen (secondary N) is 2. The monoisotopic (exact) mass is 405 g/mol. The summed E-state index contributed by atoms with van der Waals surface area (Å²) >= 11 is 1.36. The third-order valence-corrected chi connectivity index (χ3v) is 5.38. The number of para-hydroxylation sites is 1. The molecule has 0 fully saturated rings. The summed E-state index contributed by atoms with van der Waals surface area (Å²) in [6.07, 6.45) is 1.80. The third kappa shape index (κ3) is 3.69. The molecule has 0 spiro atoms. The number of rotatable bonds is 6. The first kappa shape index (κ1) is 19.0. The summed E-state index contributed by atoms with van der Waals surface area (Å²) in [5.74, 6) is -1.29. The van der Waals surface area contributed by atoms with Crippen molar-refractivity contribution in [2.45, 2.75) is 6.04 Å². The molecule has 0 saturated heterocycles. The molecule has 0 saturated carbocycles. The highest BCUT2D eigenvalue weighted by molar-refractivity contribution is 7.98. The molecule has 2 heterocycles. The van der Waals surface area contributed by atoms with Crippen molar-refractivity contribution in [2.24, 2.45) is 0 Å². The van der Waals surface area contributed by atoms with Crippen LogP contribution in [-0.4, -0.2) is 45.0 Å². The zero-order valence-electron chi connectivity index (χ0n) is 15.7. The van der Waals surface area contributed by atoms with Crippen molar-refractivity contribution in [3.63, 3.8) is 0 Å². The van der Waals surface area contributed by atoms with Crippen LogP contribution < -0.4 is 5.32 Å². The molecule has 0 aliphatic carbocycles. The lowest BCUT2D eigenvalue weighted by Crippen LogP contribution is -2.42. The van der Waals surface area contributed by atoms with E-state index >= 15 is 0 Å². The maximum absolute atomic E-state index is 12.9. The van der Waals surface area contributed by atoms with Crippen LogP contribution in [0, 0.1) is 0 Å². The number of aromatic nitrogens is 2. The number of hydrogen-bond donors (Lipinski definition) is 3. The van der Waals surface area contributed by atoms with Gasteiger partial charge in [0.05, 0.1) is 11.2 Å². The van der Waals surface area contributed by atoms with Crippen LogP contribution in [0.4, 0.5) is 0 Å². The molecule has 1 amide bonds. The molecule has 0 aliphatic heterocycles. The molecule has 1 atom stereocenters. The summed E-state index contributed by atoms with van der Waals surface area (Å²) in [4.78, 5) is 32.3. The van der Waals surface area contributed by atoms with Crippen LogP contribution in [0.15, 0.2) is 60.7 Å². The highest BCUT2D eigenvalue weighted by atomic mass is 32.2. The molecule has 2 aromatic heterocycles. The number of thioether (sulfide) groups is 1. The number of carboxylic acid groups (broad SMARTS) is 1. The van der Waals surface area contributed by atoms with E-state index in [-0.39, 0.29) is 11.4 Å². The van der Waals surface area contributed by atoms with E-state index in [1.165, 1.54) is 11.8 Å². The summed E-state index contributed by atoms with van der Waals surface area (Å²) in [6.45, 7) is 0. The average Bonchev–Trinajstić information content (AvgIpc) is 3.12. The van der Waals surface area contributed by atoms with Gasteiger partial charge in [-0.3, -0.25) is 4.79 Å². The van der Waals surface area contributed by atoms with Gasteiger partial charge in [-0.2, -0.15) is 11.8 Å². The van der Waals surface area contributed by atoms with Crippen LogP contribution in [0.25, 0.3) is 33.1 Å². The van der Waals surface area contributed by atoms with Crippen LogP contribution in [0.1, 0.15) is 10.5 Å². The Morgan fingerprint density at radius 2 is 1.83 bits per heavy atom. The van der Waals surface area contributed by atoms with E-state index in [0.717, 1.165) is 27.4 Å². The second kappa shape index (κ2) is 7.97. The van der Waals surface area contributed by atoms with Crippen molar-refractivity contribution in [1.82, 2.24) is 15.3 Å². The summed E-state index contributed by atoms with van der Waals surface area (Å²) in [5.41, 5.74) is 3.50. The second-order valence-corrected chi connectivity index (χ2v) is 7.55. The molecule has 0 bridgehead atoms. The van der Waals surface area contributed by atoms with E-state index < -0.39 is 17.9 Å². The zero-order chi connectivity index (χ0) is 20.4. The molecule has 0 aliphatic rings. The summed E-state index contributed by atoms with van der Waals surface area (Å²) < 4.78 is 0. The van der Waals surface area contributed by atoms with Crippen molar-refractivity contribution in [2.75, 3.05) is 12.0 Å². The molecule has 7 heteroatoms. The number of fused-ring (bicyclic) bond motifs is 3.